The third-order valence-corrected chi connectivity index (χ3v) is 7.50. The second kappa shape index (κ2) is 10.5. The molecule has 1 aliphatic carbocycles. The van der Waals surface area contributed by atoms with Gasteiger partial charge in [-0.3, -0.25) is 9.48 Å². The molecule has 0 radical (unpaired) electrons. The minimum Gasteiger partial charge on any atom is -0.490 e. The molecule has 0 unspecified atom stereocenters. The summed E-state index contributed by atoms with van der Waals surface area (Å²) in [7, 11) is 0. The molecule has 0 N–H and O–H groups in total. The van der Waals surface area contributed by atoms with Gasteiger partial charge in [-0.05, 0) is 82.7 Å². The van der Waals surface area contributed by atoms with Crippen molar-refractivity contribution in [2.75, 3.05) is 18.0 Å². The molecule has 0 spiro atoms. The molecule has 1 saturated carbocycles. The molecule has 1 aliphatic heterocycles. The van der Waals surface area contributed by atoms with E-state index in [-0.39, 0.29) is 12.4 Å². The lowest BCUT2D eigenvalue weighted by atomic mass is 9.96. The van der Waals surface area contributed by atoms with E-state index in [0.29, 0.717) is 12.6 Å². The number of aromatic nitrogens is 2. The summed E-state index contributed by atoms with van der Waals surface area (Å²) in [5.41, 5.74) is 4.59. The standard InChI is InChI=1S/C30H37N3O3/c1-22(34)30(2,3)35-21-25-19-29(23-11-8-14-27(18-23)36-26-12-9-13-26)33(31-25)20-24-10-4-5-15-28(24)32-16-6-7-17-32/h4-5,8,10-11,14-15,18-19,26H,6-7,9,12-13,16-17,20-21H2,1-3H3. The van der Waals surface area contributed by atoms with E-state index in [2.05, 4.69) is 52.0 Å². The highest BCUT2D eigenvalue weighted by Crippen LogP contribution is 2.31. The Morgan fingerprint density at radius 1 is 1.03 bits per heavy atom. The topological polar surface area (TPSA) is 56.6 Å². The van der Waals surface area contributed by atoms with Crippen molar-refractivity contribution in [1.82, 2.24) is 9.78 Å². The van der Waals surface area contributed by atoms with Crippen LogP contribution in [0.2, 0.25) is 0 Å². The summed E-state index contributed by atoms with van der Waals surface area (Å²) < 4.78 is 14.2. The zero-order valence-corrected chi connectivity index (χ0v) is 21.7. The minimum atomic E-state index is -0.844. The van der Waals surface area contributed by atoms with Crippen LogP contribution in [0.3, 0.4) is 0 Å². The summed E-state index contributed by atoms with van der Waals surface area (Å²) >= 11 is 0. The lowest BCUT2D eigenvalue weighted by Gasteiger charge is -2.26. The molecular weight excluding hydrogens is 450 g/mol. The highest BCUT2D eigenvalue weighted by molar-refractivity contribution is 5.83. The molecule has 190 valence electrons. The second-order valence-corrected chi connectivity index (χ2v) is 10.6. The van der Waals surface area contributed by atoms with Crippen LogP contribution in [0.15, 0.2) is 54.6 Å². The second-order valence-electron chi connectivity index (χ2n) is 10.6. The Labute approximate surface area is 214 Å². The summed E-state index contributed by atoms with van der Waals surface area (Å²) in [4.78, 5) is 14.4. The SMILES string of the molecule is CC(=O)C(C)(C)OCc1cc(-c2cccc(OC3CCC3)c2)n(Cc2ccccc2N2CCCC2)n1. The Morgan fingerprint density at radius 3 is 2.53 bits per heavy atom. The van der Waals surface area contributed by atoms with Gasteiger partial charge < -0.3 is 14.4 Å². The number of hydrogen-bond acceptors (Lipinski definition) is 5. The molecule has 0 bridgehead atoms. The first-order valence-electron chi connectivity index (χ1n) is 13.2. The first-order chi connectivity index (χ1) is 17.4. The summed E-state index contributed by atoms with van der Waals surface area (Å²) in [6, 6.07) is 19.0. The normalized spacial score (nSPS) is 16.2. The molecule has 1 aromatic heterocycles. The predicted octanol–water partition coefficient (Wildman–Crippen LogP) is 6.01. The lowest BCUT2D eigenvalue weighted by molar-refractivity contribution is -0.139. The van der Waals surface area contributed by atoms with Crippen LogP contribution >= 0.6 is 0 Å². The van der Waals surface area contributed by atoms with Gasteiger partial charge in [-0.2, -0.15) is 5.10 Å². The Morgan fingerprint density at radius 2 is 1.81 bits per heavy atom. The van der Waals surface area contributed by atoms with Crippen molar-refractivity contribution in [1.29, 1.82) is 0 Å². The smallest absolute Gasteiger partial charge is 0.161 e. The fraction of sp³-hybridized carbons (Fsp3) is 0.467. The first-order valence-corrected chi connectivity index (χ1v) is 13.2. The van der Waals surface area contributed by atoms with Gasteiger partial charge in [-0.15, -0.1) is 0 Å². The predicted molar refractivity (Wildman–Crippen MR) is 142 cm³/mol. The van der Waals surface area contributed by atoms with Crippen LogP contribution in [0.5, 0.6) is 5.75 Å². The van der Waals surface area contributed by atoms with Crippen LogP contribution < -0.4 is 9.64 Å². The number of ketones is 1. The highest BCUT2D eigenvalue weighted by atomic mass is 16.5. The van der Waals surface area contributed by atoms with Crippen molar-refractivity contribution < 1.29 is 14.3 Å². The number of hydrogen-bond donors (Lipinski definition) is 0. The maximum Gasteiger partial charge on any atom is 0.161 e. The van der Waals surface area contributed by atoms with Crippen molar-refractivity contribution in [3.63, 3.8) is 0 Å². The average molecular weight is 488 g/mol. The summed E-state index contributed by atoms with van der Waals surface area (Å²) in [5, 5.41) is 4.95. The fourth-order valence-corrected chi connectivity index (χ4v) is 4.73. The van der Waals surface area contributed by atoms with Crippen molar-refractivity contribution in [3.8, 4) is 17.0 Å². The zero-order valence-electron chi connectivity index (χ0n) is 21.7. The largest absolute Gasteiger partial charge is 0.490 e. The van der Waals surface area contributed by atoms with Gasteiger partial charge in [0.1, 0.15) is 11.4 Å². The number of nitrogens with zero attached hydrogens (tertiary/aromatic N) is 3. The molecule has 0 atom stereocenters. The van der Waals surface area contributed by atoms with Crippen molar-refractivity contribution in [2.45, 2.75) is 77.7 Å². The van der Waals surface area contributed by atoms with Crippen molar-refractivity contribution in [3.05, 3.63) is 65.9 Å². The molecule has 2 aromatic carbocycles. The zero-order chi connectivity index (χ0) is 25.1. The van der Waals surface area contributed by atoms with Crippen molar-refractivity contribution in [2.24, 2.45) is 0 Å². The fourth-order valence-electron chi connectivity index (χ4n) is 4.73. The number of carbonyl (C=O) groups is 1. The maximum atomic E-state index is 12.0. The van der Waals surface area contributed by atoms with E-state index in [4.69, 9.17) is 14.6 Å². The van der Waals surface area contributed by atoms with Crippen LogP contribution in [0.25, 0.3) is 11.3 Å². The van der Waals surface area contributed by atoms with Gasteiger partial charge in [0.2, 0.25) is 0 Å². The Bertz CT molecular complexity index is 1210. The van der Waals surface area contributed by atoms with Crippen LogP contribution in [0, 0.1) is 0 Å². The summed E-state index contributed by atoms with van der Waals surface area (Å²) in [5.74, 6) is 0.903. The lowest BCUT2D eigenvalue weighted by Crippen LogP contribution is -2.32. The minimum absolute atomic E-state index is 0.00235. The van der Waals surface area contributed by atoms with Gasteiger partial charge >= 0.3 is 0 Å². The highest BCUT2D eigenvalue weighted by Gasteiger charge is 2.25. The molecule has 3 aromatic rings. The number of carbonyl (C=O) groups excluding carboxylic acids is 1. The number of ether oxygens (including phenoxy) is 2. The van der Waals surface area contributed by atoms with Crippen LogP contribution in [-0.2, 0) is 22.7 Å². The van der Waals surface area contributed by atoms with Gasteiger partial charge in [-0.25, -0.2) is 0 Å². The van der Waals surface area contributed by atoms with Gasteiger partial charge in [0, 0.05) is 24.3 Å². The van der Waals surface area contributed by atoms with Gasteiger partial charge in [0.15, 0.2) is 5.78 Å². The number of anilines is 1. The molecule has 1 saturated heterocycles. The molecule has 5 rings (SSSR count). The van der Waals surface area contributed by atoms with Crippen molar-refractivity contribution >= 4 is 11.5 Å². The summed E-state index contributed by atoms with van der Waals surface area (Å²) in [6.45, 7) is 8.31. The molecule has 6 nitrogen and oxygen atoms in total. The number of rotatable bonds is 10. The van der Waals surface area contributed by atoms with E-state index in [1.807, 2.05) is 12.1 Å². The van der Waals surface area contributed by atoms with E-state index in [1.54, 1.807) is 20.8 Å². The van der Waals surface area contributed by atoms with Crippen LogP contribution in [-0.4, -0.2) is 40.4 Å². The maximum absolute atomic E-state index is 12.0. The van der Waals surface area contributed by atoms with E-state index in [9.17, 15) is 4.79 Å². The molecule has 6 heteroatoms. The van der Waals surface area contributed by atoms with Crippen LogP contribution in [0.4, 0.5) is 5.69 Å². The van der Waals surface area contributed by atoms with Gasteiger partial charge in [0.05, 0.1) is 30.6 Å². The Hall–Kier alpha value is -3.12. The summed E-state index contributed by atoms with van der Waals surface area (Å²) in [6.07, 6.45) is 6.31. The molecular formula is C30H37N3O3. The Kier molecular flexibility index (Phi) is 7.15. The average Bonchev–Trinajstić information content (AvgIpc) is 3.51. The molecule has 0 amide bonds. The molecule has 2 fully saturated rings. The third kappa shape index (κ3) is 5.49. The van der Waals surface area contributed by atoms with Gasteiger partial charge in [0.25, 0.3) is 0 Å². The number of Topliss-reactive ketones (excluding diaryl/α,β-unsaturated/α-hetero) is 1. The van der Waals surface area contributed by atoms with Gasteiger partial charge in [-0.1, -0.05) is 30.3 Å². The molecule has 36 heavy (non-hydrogen) atoms. The number of para-hydroxylation sites is 1. The quantitative estimate of drug-likeness (QED) is 0.350. The Balaban J connectivity index is 1.46. The third-order valence-electron chi connectivity index (χ3n) is 7.50. The van der Waals surface area contributed by atoms with E-state index >= 15 is 0 Å². The monoisotopic (exact) mass is 487 g/mol. The number of benzene rings is 2. The molecule has 2 aliphatic rings. The van der Waals surface area contributed by atoms with Crippen LogP contribution in [0.1, 0.15) is 64.1 Å². The van der Waals surface area contributed by atoms with E-state index in [0.717, 1.165) is 48.6 Å². The van der Waals surface area contributed by atoms with E-state index in [1.165, 1.54) is 30.5 Å². The molecule has 2 heterocycles. The first kappa shape index (κ1) is 24.6. The van der Waals surface area contributed by atoms with E-state index < -0.39 is 5.60 Å².